The molecule has 3 heteroatoms. The van der Waals surface area contributed by atoms with Crippen LogP contribution in [0.4, 0.5) is 0 Å². The molecule has 1 fully saturated rings. The second-order valence-electron chi connectivity index (χ2n) is 5.57. The molecule has 0 amide bonds. The van der Waals surface area contributed by atoms with Gasteiger partial charge >= 0.3 is 0 Å². The third-order valence-electron chi connectivity index (χ3n) is 4.23. The zero-order chi connectivity index (χ0) is 13.7. The maximum Gasteiger partial charge on any atom is 0.160 e. The van der Waals surface area contributed by atoms with Crippen LogP contribution >= 0.6 is 0 Å². The van der Waals surface area contributed by atoms with Crippen molar-refractivity contribution < 1.29 is 9.84 Å². The number of phenols is 1. The fourth-order valence-electron chi connectivity index (χ4n) is 2.91. The molecule has 1 saturated carbocycles. The minimum absolute atomic E-state index is 0.201. The summed E-state index contributed by atoms with van der Waals surface area (Å²) in [6, 6.07) is 6.09. The molecule has 1 atom stereocenters. The van der Waals surface area contributed by atoms with Crippen LogP contribution in [-0.2, 0) is 6.54 Å². The molecule has 1 aliphatic rings. The monoisotopic (exact) mass is 263 g/mol. The minimum Gasteiger partial charge on any atom is -0.504 e. The van der Waals surface area contributed by atoms with Crippen LogP contribution in [0.15, 0.2) is 18.2 Å². The van der Waals surface area contributed by atoms with Gasteiger partial charge in [0.05, 0.1) is 7.11 Å². The van der Waals surface area contributed by atoms with E-state index in [2.05, 4.69) is 12.2 Å². The van der Waals surface area contributed by atoms with Gasteiger partial charge in [-0.25, -0.2) is 0 Å². The number of methoxy groups -OCH3 is 1. The predicted octanol–water partition coefficient (Wildman–Crippen LogP) is 3.46. The van der Waals surface area contributed by atoms with E-state index in [4.69, 9.17) is 4.74 Å². The SMILES string of the molecule is COc1cc(CN[C@H](C)C2CCCCC2)ccc1O. The smallest absolute Gasteiger partial charge is 0.160 e. The predicted molar refractivity (Wildman–Crippen MR) is 77.5 cm³/mol. The molecule has 0 spiro atoms. The summed E-state index contributed by atoms with van der Waals surface area (Å²) in [6.07, 6.45) is 6.87. The van der Waals surface area contributed by atoms with Crippen molar-refractivity contribution in [2.75, 3.05) is 7.11 Å². The van der Waals surface area contributed by atoms with Gasteiger partial charge in [-0.05, 0) is 43.4 Å². The zero-order valence-corrected chi connectivity index (χ0v) is 12.0. The first-order chi connectivity index (χ1) is 9.20. The highest BCUT2D eigenvalue weighted by molar-refractivity contribution is 5.41. The Hall–Kier alpha value is -1.22. The van der Waals surface area contributed by atoms with Crippen molar-refractivity contribution in [3.05, 3.63) is 23.8 Å². The van der Waals surface area contributed by atoms with Crippen LogP contribution in [0, 0.1) is 5.92 Å². The van der Waals surface area contributed by atoms with Gasteiger partial charge in [0.15, 0.2) is 11.5 Å². The number of benzene rings is 1. The Labute approximate surface area is 116 Å². The summed E-state index contributed by atoms with van der Waals surface area (Å²) >= 11 is 0. The number of nitrogens with one attached hydrogen (secondary N) is 1. The second-order valence-corrected chi connectivity index (χ2v) is 5.57. The third-order valence-corrected chi connectivity index (χ3v) is 4.23. The van der Waals surface area contributed by atoms with Crippen LogP contribution in [0.3, 0.4) is 0 Å². The first-order valence-corrected chi connectivity index (χ1v) is 7.30. The summed E-state index contributed by atoms with van der Waals surface area (Å²) < 4.78 is 5.13. The van der Waals surface area contributed by atoms with E-state index in [1.54, 1.807) is 13.2 Å². The Kier molecular flexibility index (Phi) is 5.08. The number of ether oxygens (including phenoxy) is 1. The van der Waals surface area contributed by atoms with Crippen molar-refractivity contribution in [1.29, 1.82) is 0 Å². The Morgan fingerprint density at radius 3 is 2.74 bits per heavy atom. The molecule has 0 aromatic heterocycles. The minimum atomic E-state index is 0.201. The van der Waals surface area contributed by atoms with E-state index >= 15 is 0 Å². The fourth-order valence-corrected chi connectivity index (χ4v) is 2.91. The highest BCUT2D eigenvalue weighted by Crippen LogP contribution is 2.28. The number of hydrogen-bond acceptors (Lipinski definition) is 3. The summed E-state index contributed by atoms with van der Waals surface area (Å²) in [4.78, 5) is 0. The largest absolute Gasteiger partial charge is 0.504 e. The molecule has 3 nitrogen and oxygen atoms in total. The Balaban J connectivity index is 1.87. The molecule has 106 valence electrons. The molecule has 0 saturated heterocycles. The number of rotatable bonds is 5. The van der Waals surface area contributed by atoms with Gasteiger partial charge in [-0.15, -0.1) is 0 Å². The van der Waals surface area contributed by atoms with Gasteiger partial charge in [0.2, 0.25) is 0 Å². The van der Waals surface area contributed by atoms with Gasteiger partial charge in [0.1, 0.15) is 0 Å². The average Bonchev–Trinajstić information content (AvgIpc) is 2.47. The summed E-state index contributed by atoms with van der Waals surface area (Å²) in [5.41, 5.74) is 1.15. The molecule has 0 radical (unpaired) electrons. The second kappa shape index (κ2) is 6.80. The normalized spacial score (nSPS) is 18.2. The molecule has 0 heterocycles. The molecule has 0 aliphatic heterocycles. The molecule has 1 aromatic rings. The van der Waals surface area contributed by atoms with Crippen molar-refractivity contribution in [2.45, 2.75) is 51.6 Å². The van der Waals surface area contributed by atoms with E-state index in [0.717, 1.165) is 18.0 Å². The summed E-state index contributed by atoms with van der Waals surface area (Å²) in [5, 5.41) is 13.2. The van der Waals surface area contributed by atoms with Gasteiger partial charge in [-0.1, -0.05) is 25.3 Å². The van der Waals surface area contributed by atoms with Crippen molar-refractivity contribution in [1.82, 2.24) is 5.32 Å². The number of hydrogen-bond donors (Lipinski definition) is 2. The Morgan fingerprint density at radius 1 is 1.32 bits per heavy atom. The van der Waals surface area contributed by atoms with Gasteiger partial charge < -0.3 is 15.2 Å². The fraction of sp³-hybridized carbons (Fsp3) is 0.625. The molecule has 2 rings (SSSR count). The van der Waals surface area contributed by atoms with Gasteiger partial charge in [0, 0.05) is 12.6 Å². The van der Waals surface area contributed by atoms with E-state index < -0.39 is 0 Å². The van der Waals surface area contributed by atoms with Gasteiger partial charge in [-0.2, -0.15) is 0 Å². The molecule has 1 aromatic carbocycles. The van der Waals surface area contributed by atoms with Crippen LogP contribution in [0.25, 0.3) is 0 Å². The van der Waals surface area contributed by atoms with E-state index in [1.807, 2.05) is 12.1 Å². The van der Waals surface area contributed by atoms with E-state index in [0.29, 0.717) is 11.8 Å². The summed E-state index contributed by atoms with van der Waals surface area (Å²) in [5.74, 6) is 1.56. The van der Waals surface area contributed by atoms with Crippen LogP contribution < -0.4 is 10.1 Å². The van der Waals surface area contributed by atoms with Crippen LogP contribution in [-0.4, -0.2) is 18.3 Å². The van der Waals surface area contributed by atoms with E-state index in [9.17, 15) is 5.11 Å². The Bertz CT molecular complexity index is 400. The van der Waals surface area contributed by atoms with Crippen molar-refractivity contribution >= 4 is 0 Å². The topological polar surface area (TPSA) is 41.5 Å². The molecule has 19 heavy (non-hydrogen) atoms. The first kappa shape index (κ1) is 14.2. The van der Waals surface area contributed by atoms with Crippen molar-refractivity contribution in [2.24, 2.45) is 5.92 Å². The molecule has 0 bridgehead atoms. The van der Waals surface area contributed by atoms with E-state index in [1.165, 1.54) is 32.1 Å². The van der Waals surface area contributed by atoms with Crippen LogP contribution in [0.1, 0.15) is 44.6 Å². The quantitative estimate of drug-likeness (QED) is 0.855. The maximum absolute atomic E-state index is 9.57. The molecular formula is C16H25NO2. The molecule has 0 unspecified atom stereocenters. The lowest BCUT2D eigenvalue weighted by molar-refractivity contribution is 0.280. The maximum atomic E-state index is 9.57. The third kappa shape index (κ3) is 3.87. The van der Waals surface area contributed by atoms with Gasteiger partial charge in [0.25, 0.3) is 0 Å². The summed E-state index contributed by atoms with van der Waals surface area (Å²) in [6.45, 7) is 3.11. The molecule has 2 N–H and O–H groups in total. The summed E-state index contributed by atoms with van der Waals surface area (Å²) in [7, 11) is 1.58. The van der Waals surface area contributed by atoms with Gasteiger partial charge in [-0.3, -0.25) is 0 Å². The lowest BCUT2D eigenvalue weighted by atomic mass is 9.84. The Morgan fingerprint density at radius 2 is 2.05 bits per heavy atom. The number of aromatic hydroxyl groups is 1. The average molecular weight is 263 g/mol. The highest BCUT2D eigenvalue weighted by atomic mass is 16.5. The van der Waals surface area contributed by atoms with Crippen LogP contribution in [0.5, 0.6) is 11.5 Å². The highest BCUT2D eigenvalue weighted by Gasteiger charge is 2.19. The van der Waals surface area contributed by atoms with Crippen molar-refractivity contribution in [3.8, 4) is 11.5 Å². The lowest BCUT2D eigenvalue weighted by Gasteiger charge is -2.28. The molecular weight excluding hydrogens is 238 g/mol. The van der Waals surface area contributed by atoms with Crippen LogP contribution in [0.2, 0.25) is 0 Å². The molecule has 1 aliphatic carbocycles. The standard InChI is InChI=1S/C16H25NO2/c1-12(14-6-4-3-5-7-14)17-11-13-8-9-15(18)16(10-13)19-2/h8-10,12,14,17-18H,3-7,11H2,1-2H3/t12-/m1/s1. The van der Waals surface area contributed by atoms with Crippen molar-refractivity contribution in [3.63, 3.8) is 0 Å². The van der Waals surface area contributed by atoms with E-state index in [-0.39, 0.29) is 5.75 Å². The first-order valence-electron chi connectivity index (χ1n) is 7.30. The lowest BCUT2D eigenvalue weighted by Crippen LogP contribution is -2.34. The number of phenolic OH excluding ortho intramolecular Hbond substituents is 1. The zero-order valence-electron chi connectivity index (χ0n) is 12.0.